The molecule has 1 aromatic carbocycles. The van der Waals surface area contributed by atoms with Gasteiger partial charge in [0.15, 0.2) is 5.82 Å². The number of anilines is 1. The zero-order valence-electron chi connectivity index (χ0n) is 12.6. The van der Waals surface area contributed by atoms with Crippen LogP contribution in [-0.2, 0) is 13.2 Å². The molecule has 108 valence electrons. The molecule has 0 aliphatic rings. The van der Waals surface area contributed by atoms with Gasteiger partial charge < -0.3 is 10.5 Å². The van der Waals surface area contributed by atoms with E-state index < -0.39 is 0 Å². The van der Waals surface area contributed by atoms with Gasteiger partial charge in [-0.1, -0.05) is 13.8 Å². The van der Waals surface area contributed by atoms with Crippen molar-refractivity contribution in [2.75, 3.05) is 5.73 Å². The molecule has 0 aliphatic heterocycles. The van der Waals surface area contributed by atoms with Crippen molar-refractivity contribution >= 4 is 5.69 Å². The maximum Gasteiger partial charge on any atom is 0.164 e. The second-order valence-electron chi connectivity index (χ2n) is 5.18. The van der Waals surface area contributed by atoms with Gasteiger partial charge in [0, 0.05) is 12.2 Å². The maximum atomic E-state index is 5.98. The van der Waals surface area contributed by atoms with Gasteiger partial charge in [0.25, 0.3) is 0 Å². The molecule has 0 aliphatic carbocycles. The van der Waals surface area contributed by atoms with Crippen LogP contribution < -0.4 is 10.5 Å². The first-order valence-electron chi connectivity index (χ1n) is 6.92. The number of hydrogen-bond donors (Lipinski definition) is 1. The summed E-state index contributed by atoms with van der Waals surface area (Å²) in [5.41, 5.74) is 8.94. The molecular formula is C15H22N4O. The molecule has 0 saturated carbocycles. The number of aromatic nitrogens is 3. The largest absolute Gasteiger partial charge is 0.485 e. The lowest BCUT2D eigenvalue weighted by Crippen LogP contribution is -2.09. The lowest BCUT2D eigenvalue weighted by molar-refractivity contribution is 0.283. The molecule has 0 spiro atoms. The molecule has 2 N–H and O–H groups in total. The van der Waals surface area contributed by atoms with E-state index in [0.717, 1.165) is 34.9 Å². The van der Waals surface area contributed by atoms with Crippen LogP contribution >= 0.6 is 0 Å². The quantitative estimate of drug-likeness (QED) is 0.851. The molecule has 5 nitrogen and oxygen atoms in total. The third-order valence-corrected chi connectivity index (χ3v) is 3.37. The van der Waals surface area contributed by atoms with E-state index >= 15 is 0 Å². The molecule has 0 amide bonds. The zero-order chi connectivity index (χ0) is 14.7. The van der Waals surface area contributed by atoms with E-state index in [9.17, 15) is 0 Å². The van der Waals surface area contributed by atoms with E-state index in [0.29, 0.717) is 12.5 Å². The first-order chi connectivity index (χ1) is 9.52. The molecule has 0 fully saturated rings. The Morgan fingerprint density at radius 3 is 2.75 bits per heavy atom. The summed E-state index contributed by atoms with van der Waals surface area (Å²) < 4.78 is 7.77. The van der Waals surface area contributed by atoms with Crippen molar-refractivity contribution in [2.45, 2.75) is 46.8 Å². The Morgan fingerprint density at radius 2 is 2.10 bits per heavy atom. The number of hydrogen-bond acceptors (Lipinski definition) is 4. The molecule has 0 saturated heterocycles. The second-order valence-corrected chi connectivity index (χ2v) is 5.18. The topological polar surface area (TPSA) is 66.0 Å². The van der Waals surface area contributed by atoms with Crippen LogP contribution in [0.5, 0.6) is 5.75 Å². The van der Waals surface area contributed by atoms with Crippen molar-refractivity contribution in [3.05, 3.63) is 35.4 Å². The minimum Gasteiger partial charge on any atom is -0.485 e. The van der Waals surface area contributed by atoms with Crippen molar-refractivity contribution in [3.63, 3.8) is 0 Å². The van der Waals surface area contributed by atoms with Crippen LogP contribution in [0.1, 0.15) is 43.6 Å². The summed E-state index contributed by atoms with van der Waals surface area (Å²) in [5, 5.41) is 4.14. The summed E-state index contributed by atoms with van der Waals surface area (Å²) in [6, 6.07) is 4.00. The minimum atomic E-state index is 0.358. The average molecular weight is 274 g/mol. The fourth-order valence-corrected chi connectivity index (χ4v) is 2.10. The van der Waals surface area contributed by atoms with Crippen LogP contribution in [0.2, 0.25) is 0 Å². The molecule has 0 atom stereocenters. The van der Waals surface area contributed by atoms with Gasteiger partial charge in [-0.05, 0) is 43.0 Å². The van der Waals surface area contributed by atoms with Gasteiger partial charge in [-0.3, -0.25) is 0 Å². The Labute approximate surface area is 119 Å². The molecule has 0 radical (unpaired) electrons. The Kier molecular flexibility index (Phi) is 4.27. The van der Waals surface area contributed by atoms with E-state index in [4.69, 9.17) is 10.5 Å². The maximum absolute atomic E-state index is 5.98. The highest BCUT2D eigenvalue weighted by molar-refractivity contribution is 5.55. The third kappa shape index (κ3) is 2.92. The standard InChI is InChI=1S/C15H22N4O/c1-5-19-15(17-9-18-19)8-20-14-6-11(4)13(16)7-12(14)10(2)3/h6-7,9-10H,5,8,16H2,1-4H3. The Balaban J connectivity index is 2.22. The lowest BCUT2D eigenvalue weighted by atomic mass is 9.99. The van der Waals surface area contributed by atoms with E-state index in [2.05, 4.69) is 23.9 Å². The number of ether oxygens (including phenoxy) is 1. The van der Waals surface area contributed by atoms with Crippen molar-refractivity contribution in [3.8, 4) is 5.75 Å². The molecule has 1 heterocycles. The van der Waals surface area contributed by atoms with Crippen LogP contribution in [-0.4, -0.2) is 14.8 Å². The SMILES string of the molecule is CCn1ncnc1COc1cc(C)c(N)cc1C(C)C. The smallest absolute Gasteiger partial charge is 0.164 e. The normalized spacial score (nSPS) is 11.1. The van der Waals surface area contributed by atoms with Gasteiger partial charge in [-0.15, -0.1) is 0 Å². The zero-order valence-corrected chi connectivity index (χ0v) is 12.6. The number of nitrogens with zero attached hydrogens (tertiary/aromatic N) is 3. The van der Waals surface area contributed by atoms with Crippen molar-refractivity contribution in [1.82, 2.24) is 14.8 Å². The molecule has 20 heavy (non-hydrogen) atoms. The summed E-state index contributed by atoms with van der Waals surface area (Å²) in [6.45, 7) is 9.48. The van der Waals surface area contributed by atoms with E-state index in [1.54, 1.807) is 6.33 Å². The average Bonchev–Trinajstić information content (AvgIpc) is 2.86. The van der Waals surface area contributed by atoms with Gasteiger partial charge in [0.05, 0.1) is 0 Å². The number of aryl methyl sites for hydroxylation is 2. The molecule has 5 heteroatoms. The number of nitrogen functional groups attached to an aromatic ring is 1. The van der Waals surface area contributed by atoms with Crippen LogP contribution in [0.15, 0.2) is 18.5 Å². The Morgan fingerprint density at radius 1 is 1.35 bits per heavy atom. The highest BCUT2D eigenvalue weighted by Crippen LogP contribution is 2.31. The minimum absolute atomic E-state index is 0.358. The highest BCUT2D eigenvalue weighted by Gasteiger charge is 2.12. The fraction of sp³-hybridized carbons (Fsp3) is 0.467. The first kappa shape index (κ1) is 14.4. The first-order valence-corrected chi connectivity index (χ1v) is 6.92. The highest BCUT2D eigenvalue weighted by atomic mass is 16.5. The van der Waals surface area contributed by atoms with Crippen molar-refractivity contribution in [2.24, 2.45) is 0 Å². The van der Waals surface area contributed by atoms with Crippen molar-refractivity contribution < 1.29 is 4.74 Å². The molecule has 1 aromatic heterocycles. The Bertz CT molecular complexity index is 590. The van der Waals surface area contributed by atoms with Crippen LogP contribution in [0.3, 0.4) is 0 Å². The van der Waals surface area contributed by atoms with Gasteiger partial charge in [-0.2, -0.15) is 5.10 Å². The monoisotopic (exact) mass is 274 g/mol. The second kappa shape index (κ2) is 5.94. The van der Waals surface area contributed by atoms with Crippen LogP contribution in [0.4, 0.5) is 5.69 Å². The summed E-state index contributed by atoms with van der Waals surface area (Å²) in [6.07, 6.45) is 1.56. The summed E-state index contributed by atoms with van der Waals surface area (Å²) in [4.78, 5) is 4.22. The van der Waals surface area contributed by atoms with Crippen LogP contribution in [0.25, 0.3) is 0 Å². The predicted molar refractivity (Wildman–Crippen MR) is 79.7 cm³/mol. The fourth-order valence-electron chi connectivity index (χ4n) is 2.10. The van der Waals surface area contributed by atoms with E-state index in [1.807, 2.05) is 30.7 Å². The number of rotatable bonds is 5. The van der Waals surface area contributed by atoms with Crippen molar-refractivity contribution in [1.29, 1.82) is 0 Å². The van der Waals surface area contributed by atoms with Gasteiger partial charge in [-0.25, -0.2) is 9.67 Å². The lowest BCUT2D eigenvalue weighted by Gasteiger charge is -2.16. The van der Waals surface area contributed by atoms with Gasteiger partial charge >= 0.3 is 0 Å². The number of nitrogens with two attached hydrogens (primary N) is 1. The van der Waals surface area contributed by atoms with E-state index in [-0.39, 0.29) is 0 Å². The molecule has 0 bridgehead atoms. The van der Waals surface area contributed by atoms with Crippen LogP contribution in [0, 0.1) is 6.92 Å². The third-order valence-electron chi connectivity index (χ3n) is 3.37. The summed E-state index contributed by atoms with van der Waals surface area (Å²) in [7, 11) is 0. The molecule has 2 aromatic rings. The predicted octanol–water partition coefficient (Wildman–Crippen LogP) is 2.89. The number of benzene rings is 1. The molecule has 2 rings (SSSR count). The van der Waals surface area contributed by atoms with E-state index in [1.165, 1.54) is 0 Å². The Hall–Kier alpha value is -2.04. The molecule has 0 unspecified atom stereocenters. The van der Waals surface area contributed by atoms with Gasteiger partial charge in [0.2, 0.25) is 0 Å². The summed E-state index contributed by atoms with van der Waals surface area (Å²) >= 11 is 0. The molecular weight excluding hydrogens is 252 g/mol. The summed E-state index contributed by atoms with van der Waals surface area (Å²) in [5.74, 6) is 2.06. The van der Waals surface area contributed by atoms with Gasteiger partial charge in [0.1, 0.15) is 18.7 Å².